The van der Waals surface area contributed by atoms with Crippen LogP contribution < -0.4 is 0 Å². The molecule has 9 heavy (non-hydrogen) atoms. The Bertz CT molecular complexity index is 89.1. The molecule has 0 spiro atoms. The normalized spacial score (nSPS) is 28.3. The molecule has 0 saturated heterocycles. The summed E-state index contributed by atoms with van der Waals surface area (Å²) in [5.74, 6) is -0.663. The van der Waals surface area contributed by atoms with E-state index in [1.807, 2.05) is 0 Å². The zero-order chi connectivity index (χ0) is 6.91. The summed E-state index contributed by atoms with van der Waals surface area (Å²) in [6.45, 7) is 2.15. The maximum atomic E-state index is 9.05. The molecule has 0 heterocycles. The molecule has 0 aliphatic heterocycles. The second-order valence-corrected chi connectivity index (χ2v) is 3.16. The largest absolute Gasteiger partial charge is 0.366 e. The molecule has 0 amide bonds. The molecule has 1 aliphatic rings. The van der Waals surface area contributed by atoms with E-state index in [4.69, 9.17) is 10.2 Å². The molecule has 2 heteroatoms. The molecule has 0 bridgehead atoms. The van der Waals surface area contributed by atoms with Gasteiger partial charge in [0.15, 0.2) is 5.79 Å². The van der Waals surface area contributed by atoms with Gasteiger partial charge >= 0.3 is 0 Å². The Balaban J connectivity index is 2.35. The standard InChI is InChI=1S/C7H14O2/c1-6-2-4-7(8,9)5-3-6/h6,8-9H,2-5H2,1H3. The van der Waals surface area contributed by atoms with Crippen molar-refractivity contribution in [1.29, 1.82) is 0 Å². The lowest BCUT2D eigenvalue weighted by Gasteiger charge is -2.29. The van der Waals surface area contributed by atoms with E-state index in [-0.39, 0.29) is 0 Å². The van der Waals surface area contributed by atoms with E-state index in [0.717, 1.165) is 12.8 Å². The number of rotatable bonds is 0. The number of hydrogen-bond acceptors (Lipinski definition) is 2. The molecule has 1 rings (SSSR count). The fraction of sp³-hybridized carbons (Fsp3) is 1.00. The third-order valence-electron chi connectivity index (χ3n) is 2.08. The van der Waals surface area contributed by atoms with E-state index >= 15 is 0 Å². The molecule has 0 aromatic carbocycles. The maximum absolute atomic E-state index is 9.05. The Hall–Kier alpha value is -0.0800. The van der Waals surface area contributed by atoms with Crippen LogP contribution in [0.4, 0.5) is 0 Å². The molecule has 1 fully saturated rings. The molecule has 0 radical (unpaired) electrons. The highest BCUT2D eigenvalue weighted by Crippen LogP contribution is 2.29. The van der Waals surface area contributed by atoms with Gasteiger partial charge in [-0.15, -0.1) is 0 Å². The summed E-state index contributed by atoms with van der Waals surface area (Å²) in [7, 11) is 0. The molecular weight excluding hydrogens is 116 g/mol. The number of aliphatic hydroxyl groups is 2. The van der Waals surface area contributed by atoms with Crippen LogP contribution in [0, 0.1) is 5.92 Å². The Morgan fingerprint density at radius 1 is 1.22 bits per heavy atom. The summed E-state index contributed by atoms with van der Waals surface area (Å²) >= 11 is 0. The van der Waals surface area contributed by atoms with Gasteiger partial charge in [0.05, 0.1) is 0 Å². The number of hydrogen-bond donors (Lipinski definition) is 2. The van der Waals surface area contributed by atoms with E-state index in [1.54, 1.807) is 0 Å². The van der Waals surface area contributed by atoms with Gasteiger partial charge < -0.3 is 10.2 Å². The smallest absolute Gasteiger partial charge is 0.162 e. The third kappa shape index (κ3) is 1.95. The molecule has 2 N–H and O–H groups in total. The fourth-order valence-electron chi connectivity index (χ4n) is 1.22. The second-order valence-electron chi connectivity index (χ2n) is 3.16. The Kier molecular flexibility index (Phi) is 1.78. The van der Waals surface area contributed by atoms with Crippen LogP contribution in [0.25, 0.3) is 0 Å². The van der Waals surface area contributed by atoms with E-state index in [2.05, 4.69) is 6.92 Å². The lowest BCUT2D eigenvalue weighted by Crippen LogP contribution is -2.32. The fourth-order valence-corrected chi connectivity index (χ4v) is 1.22. The van der Waals surface area contributed by atoms with Crippen molar-refractivity contribution >= 4 is 0 Å². The Morgan fingerprint density at radius 3 is 2.00 bits per heavy atom. The van der Waals surface area contributed by atoms with Crippen LogP contribution in [0.2, 0.25) is 0 Å². The predicted molar refractivity (Wildman–Crippen MR) is 34.8 cm³/mol. The molecule has 0 atom stereocenters. The topological polar surface area (TPSA) is 40.5 Å². The van der Waals surface area contributed by atoms with Gasteiger partial charge in [-0.3, -0.25) is 0 Å². The molecule has 0 aromatic heterocycles. The average Bonchev–Trinajstić information content (AvgIpc) is 1.78. The van der Waals surface area contributed by atoms with Gasteiger partial charge in [-0.25, -0.2) is 0 Å². The SMILES string of the molecule is CC1CCC(O)(O)CC1. The van der Waals surface area contributed by atoms with Gasteiger partial charge in [0.25, 0.3) is 0 Å². The summed E-state index contributed by atoms with van der Waals surface area (Å²) in [5.41, 5.74) is 0. The summed E-state index contributed by atoms with van der Waals surface area (Å²) < 4.78 is 0. The highest BCUT2D eigenvalue weighted by Gasteiger charge is 2.28. The molecule has 0 unspecified atom stereocenters. The molecular formula is C7H14O2. The highest BCUT2D eigenvalue weighted by atomic mass is 16.5. The van der Waals surface area contributed by atoms with Crippen LogP contribution in [0.3, 0.4) is 0 Å². The van der Waals surface area contributed by atoms with Crippen LogP contribution in [-0.2, 0) is 0 Å². The first-order valence-corrected chi connectivity index (χ1v) is 3.55. The van der Waals surface area contributed by atoms with Crippen molar-refractivity contribution in [2.45, 2.75) is 38.4 Å². The lowest BCUT2D eigenvalue weighted by atomic mass is 9.87. The van der Waals surface area contributed by atoms with Crippen molar-refractivity contribution in [2.24, 2.45) is 5.92 Å². The molecule has 1 aliphatic carbocycles. The van der Waals surface area contributed by atoms with E-state index in [9.17, 15) is 0 Å². The zero-order valence-electron chi connectivity index (χ0n) is 5.80. The van der Waals surface area contributed by atoms with Crippen LogP contribution in [0.5, 0.6) is 0 Å². The van der Waals surface area contributed by atoms with Crippen molar-refractivity contribution in [3.63, 3.8) is 0 Å². The first-order valence-electron chi connectivity index (χ1n) is 3.55. The first kappa shape index (κ1) is 7.03. The van der Waals surface area contributed by atoms with Crippen LogP contribution in [-0.4, -0.2) is 16.0 Å². The van der Waals surface area contributed by atoms with E-state index < -0.39 is 5.79 Å². The minimum atomic E-state index is -1.34. The summed E-state index contributed by atoms with van der Waals surface area (Å²) in [4.78, 5) is 0. The summed E-state index contributed by atoms with van der Waals surface area (Å²) in [5, 5.41) is 18.1. The molecule has 0 aromatic rings. The van der Waals surface area contributed by atoms with E-state index in [0.29, 0.717) is 18.8 Å². The Labute approximate surface area is 55.5 Å². The average molecular weight is 130 g/mol. The van der Waals surface area contributed by atoms with Crippen molar-refractivity contribution < 1.29 is 10.2 Å². The van der Waals surface area contributed by atoms with Gasteiger partial charge in [-0.2, -0.15) is 0 Å². The minimum Gasteiger partial charge on any atom is -0.366 e. The van der Waals surface area contributed by atoms with Crippen molar-refractivity contribution in [1.82, 2.24) is 0 Å². The summed E-state index contributed by atoms with van der Waals surface area (Å²) in [6.07, 6.45) is 3.00. The van der Waals surface area contributed by atoms with E-state index in [1.165, 1.54) is 0 Å². The van der Waals surface area contributed by atoms with Crippen molar-refractivity contribution in [3.8, 4) is 0 Å². The van der Waals surface area contributed by atoms with Gasteiger partial charge in [-0.05, 0) is 18.8 Å². The minimum absolute atomic E-state index is 0.550. The predicted octanol–water partition coefficient (Wildman–Crippen LogP) is 0.877. The van der Waals surface area contributed by atoms with Gasteiger partial charge in [0, 0.05) is 12.8 Å². The van der Waals surface area contributed by atoms with Crippen LogP contribution >= 0.6 is 0 Å². The highest BCUT2D eigenvalue weighted by molar-refractivity contribution is 4.73. The van der Waals surface area contributed by atoms with Crippen molar-refractivity contribution in [3.05, 3.63) is 0 Å². The van der Waals surface area contributed by atoms with Gasteiger partial charge in [0.1, 0.15) is 0 Å². The monoisotopic (exact) mass is 130 g/mol. The zero-order valence-corrected chi connectivity index (χ0v) is 5.80. The Morgan fingerprint density at radius 2 is 1.67 bits per heavy atom. The third-order valence-corrected chi connectivity index (χ3v) is 2.08. The van der Waals surface area contributed by atoms with Gasteiger partial charge in [0.2, 0.25) is 0 Å². The quantitative estimate of drug-likeness (QED) is 0.478. The van der Waals surface area contributed by atoms with Crippen LogP contribution in [0.15, 0.2) is 0 Å². The van der Waals surface area contributed by atoms with Crippen LogP contribution in [0.1, 0.15) is 32.6 Å². The van der Waals surface area contributed by atoms with Crippen molar-refractivity contribution in [2.75, 3.05) is 0 Å². The first-order chi connectivity index (χ1) is 4.10. The summed E-state index contributed by atoms with van der Waals surface area (Å²) in [6, 6.07) is 0. The molecule has 54 valence electrons. The van der Waals surface area contributed by atoms with Gasteiger partial charge in [-0.1, -0.05) is 6.92 Å². The molecule has 1 saturated carbocycles. The molecule has 2 nitrogen and oxygen atoms in total. The second kappa shape index (κ2) is 2.27. The lowest BCUT2D eigenvalue weighted by molar-refractivity contribution is -0.185. The maximum Gasteiger partial charge on any atom is 0.162 e.